The van der Waals surface area contributed by atoms with E-state index in [0.29, 0.717) is 0 Å². The maximum Gasteiger partial charge on any atom is 0.0390 e. The van der Waals surface area contributed by atoms with E-state index in [4.69, 9.17) is 5.73 Å². The van der Waals surface area contributed by atoms with Crippen LogP contribution in [-0.4, -0.2) is 5.75 Å². The van der Waals surface area contributed by atoms with E-state index < -0.39 is 0 Å². The third-order valence-electron chi connectivity index (χ3n) is 3.19. The summed E-state index contributed by atoms with van der Waals surface area (Å²) in [5, 5.41) is 0. The molecule has 106 valence electrons. The molecule has 20 heavy (non-hydrogen) atoms. The molecule has 0 aliphatic carbocycles. The van der Waals surface area contributed by atoms with Crippen LogP contribution in [0.5, 0.6) is 0 Å². The van der Waals surface area contributed by atoms with E-state index in [9.17, 15) is 0 Å². The first-order valence-electron chi connectivity index (χ1n) is 6.92. The molecule has 0 aromatic heterocycles. The fourth-order valence-electron chi connectivity index (χ4n) is 2.03. The van der Waals surface area contributed by atoms with Gasteiger partial charge in [0.25, 0.3) is 0 Å². The zero-order valence-corrected chi connectivity index (χ0v) is 14.1. The number of benzene rings is 2. The maximum atomic E-state index is 6.27. The van der Waals surface area contributed by atoms with Crippen LogP contribution in [0.15, 0.2) is 57.9 Å². The van der Waals surface area contributed by atoms with Crippen LogP contribution in [-0.2, 0) is 6.42 Å². The fourth-order valence-corrected chi connectivity index (χ4v) is 3.19. The highest BCUT2D eigenvalue weighted by Gasteiger charge is 2.06. The molecule has 2 N–H and O–H groups in total. The van der Waals surface area contributed by atoms with Crippen molar-refractivity contribution in [2.75, 3.05) is 5.75 Å². The lowest BCUT2D eigenvalue weighted by atomic mass is 10.0. The smallest absolute Gasteiger partial charge is 0.0390 e. The Bertz CT molecular complexity index is 522. The molecule has 1 nitrogen and oxygen atoms in total. The lowest BCUT2D eigenvalue weighted by Gasteiger charge is -2.12. The molecule has 0 amide bonds. The van der Waals surface area contributed by atoms with Gasteiger partial charge in [0.2, 0.25) is 0 Å². The van der Waals surface area contributed by atoms with Crippen molar-refractivity contribution in [3.05, 3.63) is 64.1 Å². The van der Waals surface area contributed by atoms with Gasteiger partial charge < -0.3 is 5.73 Å². The highest BCUT2D eigenvalue weighted by Crippen LogP contribution is 2.25. The summed E-state index contributed by atoms with van der Waals surface area (Å²) >= 11 is 5.25. The Kier molecular flexibility index (Phi) is 6.14. The predicted molar refractivity (Wildman–Crippen MR) is 92.2 cm³/mol. The molecular weight excluding hydrogens is 330 g/mol. The van der Waals surface area contributed by atoms with Crippen LogP contribution in [0.4, 0.5) is 0 Å². The second-order valence-electron chi connectivity index (χ2n) is 4.86. The second kappa shape index (κ2) is 7.87. The van der Waals surface area contributed by atoms with E-state index >= 15 is 0 Å². The number of halogens is 1. The Hall–Kier alpha value is -0.770. The summed E-state index contributed by atoms with van der Waals surface area (Å²) < 4.78 is 1.11. The topological polar surface area (TPSA) is 26.0 Å². The summed E-state index contributed by atoms with van der Waals surface area (Å²) in [4.78, 5) is 1.26. The Morgan fingerprint density at radius 2 is 1.70 bits per heavy atom. The first-order chi connectivity index (χ1) is 9.69. The summed E-state index contributed by atoms with van der Waals surface area (Å²) in [7, 11) is 0. The first-order valence-corrected chi connectivity index (χ1v) is 8.69. The number of nitrogens with two attached hydrogens (primary N) is 1. The van der Waals surface area contributed by atoms with E-state index in [0.717, 1.165) is 16.6 Å². The van der Waals surface area contributed by atoms with Gasteiger partial charge in [-0.1, -0.05) is 53.5 Å². The number of rotatable bonds is 6. The molecule has 1 atom stereocenters. The summed E-state index contributed by atoms with van der Waals surface area (Å²) in [6.45, 7) is 2.20. The van der Waals surface area contributed by atoms with Crippen molar-refractivity contribution in [1.82, 2.24) is 0 Å². The minimum atomic E-state index is 0.0827. The quantitative estimate of drug-likeness (QED) is 0.725. The summed E-state index contributed by atoms with van der Waals surface area (Å²) in [6.07, 6.45) is 2.33. The van der Waals surface area contributed by atoms with Crippen LogP contribution < -0.4 is 5.73 Å². The molecule has 0 heterocycles. The highest BCUT2D eigenvalue weighted by molar-refractivity contribution is 9.10. The average molecular weight is 350 g/mol. The highest BCUT2D eigenvalue weighted by atomic mass is 79.9. The summed E-state index contributed by atoms with van der Waals surface area (Å²) in [5.41, 5.74) is 8.88. The maximum absolute atomic E-state index is 6.27. The number of thioether (sulfide) groups is 1. The summed E-state index contributed by atoms with van der Waals surface area (Å²) in [5.74, 6) is 0.898. The molecule has 0 bridgehead atoms. The molecule has 0 saturated heterocycles. The molecule has 0 radical (unpaired) electrons. The first kappa shape index (κ1) is 15.6. The number of hydrogen-bond acceptors (Lipinski definition) is 2. The van der Waals surface area contributed by atoms with Gasteiger partial charge in [0.15, 0.2) is 0 Å². The molecule has 0 saturated carbocycles. The van der Waals surface area contributed by atoms with E-state index in [-0.39, 0.29) is 6.04 Å². The zero-order valence-electron chi connectivity index (χ0n) is 11.7. The van der Waals surface area contributed by atoms with E-state index in [2.05, 4.69) is 71.4 Å². The van der Waals surface area contributed by atoms with Gasteiger partial charge in [-0.3, -0.25) is 0 Å². The van der Waals surface area contributed by atoms with Crippen LogP contribution in [0.2, 0.25) is 0 Å². The largest absolute Gasteiger partial charge is 0.323 e. The predicted octanol–water partition coefficient (Wildman–Crippen LogP) is 5.19. The van der Waals surface area contributed by atoms with Crippen LogP contribution in [0.3, 0.4) is 0 Å². The van der Waals surface area contributed by atoms with E-state index in [1.54, 1.807) is 11.8 Å². The van der Waals surface area contributed by atoms with Crippen LogP contribution >= 0.6 is 27.7 Å². The van der Waals surface area contributed by atoms with Gasteiger partial charge in [-0.15, -0.1) is 11.8 Å². The summed E-state index contributed by atoms with van der Waals surface area (Å²) in [6, 6.07) is 17.2. The van der Waals surface area contributed by atoms with Crippen molar-refractivity contribution in [2.45, 2.75) is 30.7 Å². The molecule has 2 aromatic carbocycles. The SMILES string of the molecule is CCCc1ccc(C(N)CSc2ccc(Br)cc2)cc1. The molecule has 1 unspecified atom stereocenters. The Morgan fingerprint density at radius 3 is 2.30 bits per heavy atom. The van der Waals surface area contributed by atoms with Gasteiger partial charge in [0.05, 0.1) is 0 Å². The normalized spacial score (nSPS) is 12.3. The third kappa shape index (κ3) is 4.65. The Labute approximate surface area is 134 Å². The van der Waals surface area contributed by atoms with Crippen LogP contribution in [0, 0.1) is 0 Å². The van der Waals surface area contributed by atoms with Crippen LogP contribution in [0.1, 0.15) is 30.5 Å². The van der Waals surface area contributed by atoms with Crippen molar-refractivity contribution >= 4 is 27.7 Å². The van der Waals surface area contributed by atoms with Gasteiger partial charge in [-0.25, -0.2) is 0 Å². The van der Waals surface area contributed by atoms with Gasteiger partial charge in [-0.2, -0.15) is 0 Å². The lowest BCUT2D eigenvalue weighted by molar-refractivity contribution is 0.828. The van der Waals surface area contributed by atoms with Crippen molar-refractivity contribution < 1.29 is 0 Å². The third-order valence-corrected chi connectivity index (χ3v) is 4.85. The van der Waals surface area contributed by atoms with Gasteiger partial charge in [0, 0.05) is 21.2 Å². The van der Waals surface area contributed by atoms with Crippen molar-refractivity contribution in [1.29, 1.82) is 0 Å². The van der Waals surface area contributed by atoms with Crippen molar-refractivity contribution in [3.63, 3.8) is 0 Å². The van der Waals surface area contributed by atoms with Gasteiger partial charge >= 0.3 is 0 Å². The average Bonchev–Trinajstić information content (AvgIpc) is 2.47. The number of hydrogen-bond donors (Lipinski definition) is 1. The Morgan fingerprint density at radius 1 is 1.05 bits per heavy atom. The molecule has 0 aliphatic rings. The van der Waals surface area contributed by atoms with Crippen molar-refractivity contribution in [2.24, 2.45) is 5.73 Å². The van der Waals surface area contributed by atoms with Gasteiger partial charge in [-0.05, 0) is 41.8 Å². The number of aryl methyl sites for hydroxylation is 1. The molecule has 0 aliphatic heterocycles. The molecular formula is C17H20BrNS. The minimum absolute atomic E-state index is 0.0827. The van der Waals surface area contributed by atoms with Crippen molar-refractivity contribution in [3.8, 4) is 0 Å². The molecule has 0 fully saturated rings. The zero-order chi connectivity index (χ0) is 14.4. The molecule has 2 aromatic rings. The molecule has 3 heteroatoms. The molecule has 2 rings (SSSR count). The fraction of sp³-hybridized carbons (Fsp3) is 0.294. The van der Waals surface area contributed by atoms with Gasteiger partial charge in [0.1, 0.15) is 0 Å². The lowest BCUT2D eigenvalue weighted by Crippen LogP contribution is -2.12. The second-order valence-corrected chi connectivity index (χ2v) is 6.87. The van der Waals surface area contributed by atoms with Crippen LogP contribution in [0.25, 0.3) is 0 Å². The standard InChI is InChI=1S/C17H20BrNS/c1-2-3-13-4-6-14(7-5-13)17(19)12-20-16-10-8-15(18)9-11-16/h4-11,17H,2-3,12,19H2,1H3. The van der Waals surface area contributed by atoms with E-state index in [1.807, 2.05) is 0 Å². The van der Waals surface area contributed by atoms with E-state index in [1.165, 1.54) is 22.4 Å². The monoisotopic (exact) mass is 349 g/mol. The minimum Gasteiger partial charge on any atom is -0.323 e. The molecule has 0 spiro atoms. The Balaban J connectivity index is 1.90.